The van der Waals surface area contributed by atoms with Gasteiger partial charge in [-0.1, -0.05) is 0 Å². The van der Waals surface area contributed by atoms with Crippen molar-refractivity contribution < 1.29 is 14.3 Å². The number of nitrogens with zero attached hydrogens (tertiary/aromatic N) is 1. The van der Waals surface area contributed by atoms with Crippen LogP contribution in [0.15, 0.2) is 23.7 Å². The normalized spacial score (nSPS) is 19.4. The second kappa shape index (κ2) is 7.72. The highest BCUT2D eigenvalue weighted by atomic mass is 32.1. The summed E-state index contributed by atoms with van der Waals surface area (Å²) in [5, 5.41) is 5.28. The highest BCUT2D eigenvalue weighted by Gasteiger charge is 2.19. The van der Waals surface area contributed by atoms with Crippen LogP contribution in [0.2, 0.25) is 0 Å². The molecule has 2 aromatic rings. The number of hydrogen-bond acceptors (Lipinski definition) is 5. The van der Waals surface area contributed by atoms with Crippen LogP contribution in [0.25, 0.3) is 11.4 Å². The number of aromatic amines is 1. The van der Waals surface area contributed by atoms with Crippen molar-refractivity contribution in [2.24, 2.45) is 0 Å². The Hall–Kier alpha value is -1.70. The van der Waals surface area contributed by atoms with Gasteiger partial charge in [-0.15, -0.1) is 11.3 Å². The molecule has 2 aromatic heterocycles. The maximum absolute atomic E-state index is 12.2. The molecule has 124 valence electrons. The standard InChI is InChI=1S/C16H21N3O3S/c1-11(22-9-12-5-2-3-8-21-12)15(20)19-16-18-14(10-23-16)13-6-4-7-17-13/h4,6-7,10-12,17H,2-3,5,8-9H2,1H3,(H,18,19,20)/t11-,12-/m1/s1. The Morgan fingerprint density at radius 3 is 3.26 bits per heavy atom. The number of carbonyl (C=O) groups is 1. The molecule has 0 unspecified atom stereocenters. The first kappa shape index (κ1) is 16.2. The van der Waals surface area contributed by atoms with Crippen molar-refractivity contribution in [2.45, 2.75) is 38.4 Å². The summed E-state index contributed by atoms with van der Waals surface area (Å²) in [6, 6.07) is 3.85. The zero-order valence-corrected chi connectivity index (χ0v) is 13.9. The number of hydrogen-bond donors (Lipinski definition) is 2. The van der Waals surface area contributed by atoms with Crippen molar-refractivity contribution in [1.29, 1.82) is 0 Å². The lowest BCUT2D eigenvalue weighted by molar-refractivity contribution is -0.130. The van der Waals surface area contributed by atoms with Gasteiger partial charge in [0.05, 0.1) is 24.1 Å². The van der Waals surface area contributed by atoms with E-state index in [2.05, 4.69) is 15.3 Å². The zero-order valence-electron chi connectivity index (χ0n) is 13.1. The van der Waals surface area contributed by atoms with Gasteiger partial charge in [0.25, 0.3) is 5.91 Å². The molecule has 6 nitrogen and oxygen atoms in total. The lowest BCUT2D eigenvalue weighted by Gasteiger charge is -2.23. The molecule has 23 heavy (non-hydrogen) atoms. The van der Waals surface area contributed by atoms with E-state index in [-0.39, 0.29) is 12.0 Å². The predicted molar refractivity (Wildman–Crippen MR) is 89.5 cm³/mol. The van der Waals surface area contributed by atoms with E-state index >= 15 is 0 Å². The van der Waals surface area contributed by atoms with E-state index in [1.54, 1.807) is 6.92 Å². The number of H-pyrrole nitrogens is 1. The van der Waals surface area contributed by atoms with Crippen LogP contribution in [-0.4, -0.2) is 41.3 Å². The first-order chi connectivity index (χ1) is 11.2. The average Bonchev–Trinajstić information content (AvgIpc) is 3.24. The van der Waals surface area contributed by atoms with Crippen molar-refractivity contribution in [3.8, 4) is 11.4 Å². The number of carbonyl (C=O) groups excluding carboxylic acids is 1. The molecule has 0 bridgehead atoms. The molecule has 7 heteroatoms. The quantitative estimate of drug-likeness (QED) is 0.851. The van der Waals surface area contributed by atoms with E-state index in [0.717, 1.165) is 37.3 Å². The molecule has 3 heterocycles. The van der Waals surface area contributed by atoms with Gasteiger partial charge in [-0.2, -0.15) is 0 Å². The van der Waals surface area contributed by atoms with Gasteiger partial charge in [0, 0.05) is 18.2 Å². The van der Waals surface area contributed by atoms with Gasteiger partial charge in [-0.3, -0.25) is 10.1 Å². The summed E-state index contributed by atoms with van der Waals surface area (Å²) in [7, 11) is 0. The van der Waals surface area contributed by atoms with Crippen LogP contribution >= 0.6 is 11.3 Å². The molecule has 0 aliphatic carbocycles. The topological polar surface area (TPSA) is 76.2 Å². The summed E-state index contributed by atoms with van der Waals surface area (Å²) in [4.78, 5) is 19.7. The first-order valence-electron chi connectivity index (χ1n) is 7.86. The summed E-state index contributed by atoms with van der Waals surface area (Å²) < 4.78 is 11.2. The van der Waals surface area contributed by atoms with Crippen molar-refractivity contribution in [3.63, 3.8) is 0 Å². The lowest BCUT2D eigenvalue weighted by atomic mass is 10.1. The van der Waals surface area contributed by atoms with Crippen molar-refractivity contribution >= 4 is 22.4 Å². The first-order valence-corrected chi connectivity index (χ1v) is 8.73. The Morgan fingerprint density at radius 1 is 1.61 bits per heavy atom. The van der Waals surface area contributed by atoms with E-state index in [0.29, 0.717) is 11.7 Å². The minimum Gasteiger partial charge on any atom is -0.376 e. The van der Waals surface area contributed by atoms with Gasteiger partial charge in [0.2, 0.25) is 0 Å². The fourth-order valence-electron chi connectivity index (χ4n) is 2.42. The zero-order chi connectivity index (χ0) is 16.1. The molecule has 1 saturated heterocycles. The van der Waals surface area contributed by atoms with Crippen LogP contribution in [-0.2, 0) is 14.3 Å². The van der Waals surface area contributed by atoms with Crippen LogP contribution in [0.1, 0.15) is 26.2 Å². The predicted octanol–water partition coefficient (Wildman–Crippen LogP) is 3.05. The van der Waals surface area contributed by atoms with E-state index in [1.165, 1.54) is 11.3 Å². The molecule has 3 rings (SSSR count). The van der Waals surface area contributed by atoms with Gasteiger partial charge in [-0.25, -0.2) is 4.98 Å². The van der Waals surface area contributed by atoms with Crippen LogP contribution in [0.4, 0.5) is 5.13 Å². The molecular formula is C16H21N3O3S. The molecule has 1 amide bonds. The molecule has 1 fully saturated rings. The van der Waals surface area contributed by atoms with E-state index in [9.17, 15) is 4.79 Å². The third kappa shape index (κ3) is 4.40. The smallest absolute Gasteiger partial charge is 0.254 e. The summed E-state index contributed by atoms with van der Waals surface area (Å²) in [6.07, 6.45) is 4.70. The summed E-state index contributed by atoms with van der Waals surface area (Å²) in [5.74, 6) is -0.187. The molecule has 0 spiro atoms. The largest absolute Gasteiger partial charge is 0.376 e. The number of aromatic nitrogens is 2. The number of amides is 1. The maximum Gasteiger partial charge on any atom is 0.254 e. The summed E-state index contributed by atoms with van der Waals surface area (Å²) >= 11 is 1.40. The highest BCUT2D eigenvalue weighted by molar-refractivity contribution is 7.14. The number of anilines is 1. The monoisotopic (exact) mass is 335 g/mol. The third-order valence-electron chi connectivity index (χ3n) is 3.78. The second-order valence-corrected chi connectivity index (χ2v) is 6.43. The molecule has 2 atom stereocenters. The van der Waals surface area contributed by atoms with Crippen LogP contribution < -0.4 is 5.32 Å². The molecule has 2 N–H and O–H groups in total. The molecule has 0 radical (unpaired) electrons. The Bertz CT molecular complexity index is 620. The summed E-state index contributed by atoms with van der Waals surface area (Å²) in [5.41, 5.74) is 1.75. The molecule has 0 aromatic carbocycles. The Kier molecular flexibility index (Phi) is 5.43. The SMILES string of the molecule is C[C@@H](OC[C@H]1CCCCO1)C(=O)Nc1nc(-c2ccc[nH]2)cs1. The van der Waals surface area contributed by atoms with Crippen LogP contribution in [0, 0.1) is 0 Å². The van der Waals surface area contributed by atoms with Crippen molar-refractivity contribution in [2.75, 3.05) is 18.5 Å². The van der Waals surface area contributed by atoms with Crippen LogP contribution in [0.3, 0.4) is 0 Å². The molecule has 1 aliphatic rings. The Morgan fingerprint density at radius 2 is 2.52 bits per heavy atom. The van der Waals surface area contributed by atoms with E-state index in [1.807, 2.05) is 23.7 Å². The van der Waals surface area contributed by atoms with Gasteiger partial charge >= 0.3 is 0 Å². The third-order valence-corrected chi connectivity index (χ3v) is 4.54. The lowest BCUT2D eigenvalue weighted by Crippen LogP contribution is -2.32. The second-order valence-electron chi connectivity index (χ2n) is 5.58. The Labute approximate surface area is 139 Å². The number of thiazole rings is 1. The van der Waals surface area contributed by atoms with Gasteiger partial charge in [0.1, 0.15) is 6.10 Å². The van der Waals surface area contributed by atoms with E-state index in [4.69, 9.17) is 9.47 Å². The fraction of sp³-hybridized carbons (Fsp3) is 0.500. The molecular weight excluding hydrogens is 314 g/mol. The van der Waals surface area contributed by atoms with Crippen molar-refractivity contribution in [3.05, 3.63) is 23.7 Å². The average molecular weight is 335 g/mol. The number of nitrogens with one attached hydrogen (secondary N) is 2. The van der Waals surface area contributed by atoms with Gasteiger partial charge in [0.15, 0.2) is 5.13 Å². The summed E-state index contributed by atoms with van der Waals surface area (Å²) in [6.45, 7) is 2.99. The Balaban J connectivity index is 1.48. The number of ether oxygens (including phenoxy) is 2. The molecule has 0 saturated carbocycles. The minimum atomic E-state index is -0.529. The minimum absolute atomic E-state index is 0.110. The number of rotatable bonds is 6. The van der Waals surface area contributed by atoms with E-state index < -0.39 is 6.10 Å². The van der Waals surface area contributed by atoms with Crippen LogP contribution in [0.5, 0.6) is 0 Å². The molecule has 1 aliphatic heterocycles. The van der Waals surface area contributed by atoms with Gasteiger partial charge < -0.3 is 14.5 Å². The fourth-order valence-corrected chi connectivity index (χ4v) is 3.13. The van der Waals surface area contributed by atoms with Crippen molar-refractivity contribution in [1.82, 2.24) is 9.97 Å². The highest BCUT2D eigenvalue weighted by Crippen LogP contribution is 2.23. The maximum atomic E-state index is 12.2. The van der Waals surface area contributed by atoms with Gasteiger partial charge in [-0.05, 0) is 38.3 Å².